The zero-order chi connectivity index (χ0) is 21.4. The Morgan fingerprint density at radius 1 is 0.900 bits per heavy atom. The highest BCUT2D eigenvalue weighted by Crippen LogP contribution is 2.33. The first-order valence-corrected chi connectivity index (χ1v) is 9.98. The minimum atomic E-state index is -0.644. The lowest BCUT2D eigenvalue weighted by Gasteiger charge is -2.17. The predicted octanol–water partition coefficient (Wildman–Crippen LogP) is 5.63. The van der Waals surface area contributed by atoms with Crippen LogP contribution in [-0.2, 0) is 11.3 Å². The third-order valence-corrected chi connectivity index (χ3v) is 5.61. The van der Waals surface area contributed by atoms with Crippen molar-refractivity contribution in [2.45, 2.75) is 6.54 Å². The Morgan fingerprint density at radius 3 is 2.43 bits per heavy atom. The maximum atomic E-state index is 12.5. The van der Waals surface area contributed by atoms with Gasteiger partial charge in [0.1, 0.15) is 0 Å². The number of halogens is 3. The quantitative estimate of drug-likeness (QED) is 0.514. The lowest BCUT2D eigenvalue weighted by atomic mass is 10.1. The second-order valence-electron chi connectivity index (χ2n) is 6.67. The maximum Gasteiger partial charge on any atom is 0.299 e. The Bertz CT molecular complexity index is 1210. The molecule has 0 saturated heterocycles. The molecule has 8 heteroatoms. The van der Waals surface area contributed by atoms with Crippen LogP contribution in [0, 0.1) is 0 Å². The van der Waals surface area contributed by atoms with Crippen LogP contribution in [0.2, 0.25) is 15.1 Å². The Hall–Kier alpha value is -2.86. The van der Waals surface area contributed by atoms with Gasteiger partial charge in [-0.1, -0.05) is 46.9 Å². The summed E-state index contributed by atoms with van der Waals surface area (Å²) >= 11 is 17.9. The minimum absolute atomic E-state index is 0.169. The van der Waals surface area contributed by atoms with Gasteiger partial charge in [0.15, 0.2) is 0 Å². The van der Waals surface area contributed by atoms with E-state index in [2.05, 4.69) is 5.32 Å². The third-order valence-electron chi connectivity index (χ3n) is 4.64. The van der Waals surface area contributed by atoms with Gasteiger partial charge in [0.25, 0.3) is 17.6 Å². The first-order chi connectivity index (χ1) is 14.3. The molecule has 1 N–H and O–H groups in total. The van der Waals surface area contributed by atoms with Crippen molar-refractivity contribution in [3.63, 3.8) is 0 Å². The van der Waals surface area contributed by atoms with Crippen LogP contribution in [0.1, 0.15) is 26.3 Å². The number of ketones is 1. The summed E-state index contributed by atoms with van der Waals surface area (Å²) < 4.78 is 0. The molecule has 1 heterocycles. The summed E-state index contributed by atoms with van der Waals surface area (Å²) in [6.07, 6.45) is 0. The number of amides is 2. The Balaban J connectivity index is 1.59. The van der Waals surface area contributed by atoms with Gasteiger partial charge in [-0.3, -0.25) is 14.4 Å². The van der Waals surface area contributed by atoms with E-state index in [4.69, 9.17) is 34.8 Å². The van der Waals surface area contributed by atoms with Crippen LogP contribution in [0.5, 0.6) is 0 Å². The number of fused-ring (bicyclic) bond motifs is 1. The van der Waals surface area contributed by atoms with Crippen LogP contribution in [0.3, 0.4) is 0 Å². The van der Waals surface area contributed by atoms with E-state index in [1.807, 2.05) is 0 Å². The van der Waals surface area contributed by atoms with E-state index >= 15 is 0 Å². The Labute approximate surface area is 187 Å². The molecular formula is C22H13Cl3N2O3. The van der Waals surface area contributed by atoms with Gasteiger partial charge in [-0.25, -0.2) is 0 Å². The van der Waals surface area contributed by atoms with Gasteiger partial charge in [-0.05, 0) is 54.1 Å². The molecule has 0 atom stereocenters. The van der Waals surface area contributed by atoms with Gasteiger partial charge in [0, 0.05) is 16.3 Å². The molecule has 3 aromatic rings. The van der Waals surface area contributed by atoms with E-state index in [0.29, 0.717) is 32.0 Å². The number of hydrogen-bond donors (Lipinski definition) is 1. The molecule has 150 valence electrons. The van der Waals surface area contributed by atoms with Gasteiger partial charge < -0.3 is 10.2 Å². The summed E-state index contributed by atoms with van der Waals surface area (Å²) in [5, 5.41) is 3.93. The zero-order valence-corrected chi connectivity index (χ0v) is 17.6. The largest absolute Gasteiger partial charge is 0.322 e. The first kappa shape index (κ1) is 20.4. The average molecular weight is 460 g/mol. The van der Waals surface area contributed by atoms with Gasteiger partial charge >= 0.3 is 0 Å². The summed E-state index contributed by atoms with van der Waals surface area (Å²) in [5.74, 6) is -1.65. The molecule has 0 spiro atoms. The fraction of sp³-hybridized carbons (Fsp3) is 0.0455. The van der Waals surface area contributed by atoms with E-state index in [-0.39, 0.29) is 18.0 Å². The molecule has 4 rings (SSSR count). The predicted molar refractivity (Wildman–Crippen MR) is 118 cm³/mol. The normalized spacial score (nSPS) is 12.8. The van der Waals surface area contributed by atoms with Crippen molar-refractivity contribution in [2.24, 2.45) is 0 Å². The molecule has 0 aromatic heterocycles. The average Bonchev–Trinajstić information content (AvgIpc) is 2.95. The van der Waals surface area contributed by atoms with Crippen molar-refractivity contribution >= 4 is 63.8 Å². The van der Waals surface area contributed by atoms with Crippen molar-refractivity contribution in [1.29, 1.82) is 0 Å². The first-order valence-electron chi connectivity index (χ1n) is 8.84. The van der Waals surface area contributed by atoms with E-state index in [9.17, 15) is 14.4 Å². The molecule has 5 nitrogen and oxygen atoms in total. The van der Waals surface area contributed by atoms with Crippen molar-refractivity contribution in [1.82, 2.24) is 0 Å². The van der Waals surface area contributed by atoms with E-state index in [0.717, 1.165) is 5.56 Å². The van der Waals surface area contributed by atoms with Gasteiger partial charge in [0.05, 0.1) is 27.8 Å². The second-order valence-corrected chi connectivity index (χ2v) is 7.92. The number of carbonyl (C=O) groups excluding carboxylic acids is 3. The number of hydrogen-bond acceptors (Lipinski definition) is 3. The molecule has 0 aliphatic carbocycles. The van der Waals surface area contributed by atoms with Crippen LogP contribution in [-0.4, -0.2) is 17.6 Å². The topological polar surface area (TPSA) is 66.5 Å². The molecule has 0 radical (unpaired) electrons. The summed E-state index contributed by atoms with van der Waals surface area (Å²) in [6, 6.07) is 16.3. The highest BCUT2D eigenvalue weighted by atomic mass is 35.5. The molecule has 0 saturated carbocycles. The van der Waals surface area contributed by atoms with Crippen LogP contribution in [0.15, 0.2) is 60.7 Å². The molecular weight excluding hydrogens is 447 g/mol. The standard InChI is InChI=1S/C22H13Cl3N2O3/c23-14-3-1-2-13(9-14)21(29)26-15-5-7-19-16(10-15)20(28)22(30)27(19)11-12-4-6-17(24)18(25)8-12/h1-10H,11H2,(H,26,29). The van der Waals surface area contributed by atoms with E-state index in [1.54, 1.807) is 48.5 Å². The highest BCUT2D eigenvalue weighted by molar-refractivity contribution is 6.52. The van der Waals surface area contributed by atoms with Crippen molar-refractivity contribution in [3.8, 4) is 0 Å². The molecule has 30 heavy (non-hydrogen) atoms. The van der Waals surface area contributed by atoms with Gasteiger partial charge in [0.2, 0.25) is 0 Å². The van der Waals surface area contributed by atoms with Crippen LogP contribution >= 0.6 is 34.8 Å². The number of carbonyl (C=O) groups is 3. The number of benzene rings is 3. The van der Waals surface area contributed by atoms with Crippen molar-refractivity contribution in [3.05, 3.63) is 92.4 Å². The van der Waals surface area contributed by atoms with Crippen molar-refractivity contribution in [2.75, 3.05) is 10.2 Å². The maximum absolute atomic E-state index is 12.5. The smallest absolute Gasteiger partial charge is 0.299 e. The van der Waals surface area contributed by atoms with Crippen LogP contribution < -0.4 is 10.2 Å². The molecule has 1 aliphatic heterocycles. The van der Waals surface area contributed by atoms with Gasteiger partial charge in [-0.15, -0.1) is 0 Å². The molecule has 0 unspecified atom stereocenters. The highest BCUT2D eigenvalue weighted by Gasteiger charge is 2.36. The van der Waals surface area contributed by atoms with Crippen LogP contribution in [0.25, 0.3) is 0 Å². The molecule has 3 aromatic carbocycles. The molecule has 0 fully saturated rings. The summed E-state index contributed by atoms with van der Waals surface area (Å²) in [4.78, 5) is 38.8. The lowest BCUT2D eigenvalue weighted by molar-refractivity contribution is -0.114. The Morgan fingerprint density at radius 2 is 1.70 bits per heavy atom. The van der Waals surface area contributed by atoms with E-state index in [1.165, 1.54) is 17.0 Å². The summed E-state index contributed by atoms with van der Waals surface area (Å²) in [5.41, 5.74) is 2.21. The van der Waals surface area contributed by atoms with E-state index < -0.39 is 11.7 Å². The SMILES string of the molecule is O=C(Nc1ccc2c(c1)C(=O)C(=O)N2Cc1ccc(Cl)c(Cl)c1)c1cccc(Cl)c1. The summed E-state index contributed by atoms with van der Waals surface area (Å²) in [6.45, 7) is 0.169. The number of nitrogens with zero attached hydrogens (tertiary/aromatic N) is 1. The molecule has 0 bridgehead atoms. The van der Waals surface area contributed by atoms with Gasteiger partial charge in [-0.2, -0.15) is 0 Å². The van der Waals surface area contributed by atoms with Crippen molar-refractivity contribution < 1.29 is 14.4 Å². The summed E-state index contributed by atoms with van der Waals surface area (Å²) in [7, 11) is 0. The van der Waals surface area contributed by atoms with Crippen LogP contribution in [0.4, 0.5) is 11.4 Å². The fourth-order valence-electron chi connectivity index (χ4n) is 3.19. The second kappa shape index (κ2) is 8.11. The monoisotopic (exact) mass is 458 g/mol. The molecule has 2 amide bonds. The lowest BCUT2D eigenvalue weighted by Crippen LogP contribution is -2.29. The number of anilines is 2. The Kier molecular flexibility index (Phi) is 5.52. The minimum Gasteiger partial charge on any atom is -0.322 e. The third kappa shape index (κ3) is 3.92. The molecule has 1 aliphatic rings. The number of Topliss-reactive ketones (excluding diaryl/α,β-unsaturated/α-hetero) is 1. The number of nitrogens with one attached hydrogen (secondary N) is 1. The fourth-order valence-corrected chi connectivity index (χ4v) is 3.70. The number of rotatable bonds is 4. The zero-order valence-electron chi connectivity index (χ0n) is 15.3.